The Bertz CT molecular complexity index is 1100. The Labute approximate surface area is 149 Å². The molecule has 0 atom stereocenters. The maximum absolute atomic E-state index is 12.5. The molecule has 0 saturated carbocycles. The molecule has 0 fully saturated rings. The second-order valence-electron chi connectivity index (χ2n) is 5.08. The highest BCUT2D eigenvalue weighted by atomic mass is 35.5. The van der Waals surface area contributed by atoms with Crippen molar-refractivity contribution in [1.82, 2.24) is 9.13 Å². The third-order valence-corrected chi connectivity index (χ3v) is 5.54. The van der Waals surface area contributed by atoms with Crippen LogP contribution in [0.2, 0.25) is 10.0 Å². The lowest BCUT2D eigenvalue weighted by Crippen LogP contribution is -2.38. The molecule has 0 spiro atoms. The van der Waals surface area contributed by atoms with Crippen LogP contribution in [-0.4, -0.2) is 15.0 Å². The van der Waals surface area contributed by atoms with Crippen LogP contribution >= 0.6 is 34.5 Å². The van der Waals surface area contributed by atoms with E-state index in [0.717, 1.165) is 9.27 Å². The number of hydrogen-bond donors (Lipinski definition) is 1. The van der Waals surface area contributed by atoms with E-state index in [1.165, 1.54) is 36.1 Å². The highest BCUT2D eigenvalue weighted by Gasteiger charge is 2.20. The van der Waals surface area contributed by atoms with Crippen molar-refractivity contribution in [2.24, 2.45) is 14.1 Å². The molecule has 1 aromatic carbocycles. The summed E-state index contributed by atoms with van der Waals surface area (Å²) in [4.78, 5) is 36.4. The molecule has 3 rings (SSSR count). The highest BCUT2D eigenvalue weighted by molar-refractivity contribution is 7.21. The first kappa shape index (κ1) is 16.8. The second-order valence-corrected chi connectivity index (χ2v) is 6.92. The lowest BCUT2D eigenvalue weighted by atomic mass is 10.2. The molecule has 9 heteroatoms. The first-order valence-corrected chi connectivity index (χ1v) is 8.33. The van der Waals surface area contributed by atoms with E-state index in [1.54, 1.807) is 12.1 Å². The number of carbonyl (C=O) groups is 1. The fourth-order valence-electron chi connectivity index (χ4n) is 2.24. The van der Waals surface area contributed by atoms with Crippen LogP contribution in [-0.2, 0) is 14.1 Å². The van der Waals surface area contributed by atoms with Crippen LogP contribution in [0.25, 0.3) is 10.1 Å². The minimum atomic E-state index is -0.539. The average Bonchev–Trinajstić information content (AvgIpc) is 2.89. The lowest BCUT2D eigenvalue weighted by molar-refractivity contribution is 0.103. The zero-order chi connectivity index (χ0) is 17.6. The fourth-order valence-corrected chi connectivity index (χ4v) is 4.09. The predicted octanol–water partition coefficient (Wildman–Crippen LogP) is 2.86. The molecule has 0 saturated heterocycles. The van der Waals surface area contributed by atoms with Gasteiger partial charge in [-0.2, -0.15) is 0 Å². The lowest BCUT2D eigenvalue weighted by Gasteiger charge is -2.10. The summed E-state index contributed by atoms with van der Waals surface area (Å²) in [6.07, 6.45) is 0. The van der Waals surface area contributed by atoms with E-state index in [1.807, 2.05) is 6.07 Å². The van der Waals surface area contributed by atoms with Gasteiger partial charge in [0, 0.05) is 30.2 Å². The quantitative estimate of drug-likeness (QED) is 0.739. The Morgan fingerprint density at radius 1 is 1.17 bits per heavy atom. The van der Waals surface area contributed by atoms with Gasteiger partial charge in [-0.05, 0) is 12.1 Å². The molecule has 1 amide bonds. The van der Waals surface area contributed by atoms with Crippen molar-refractivity contribution in [3.05, 3.63) is 60.0 Å². The number of anilines is 1. The standard InChI is InChI=1S/C15H11Cl2N3O3S/c1-19-9(6-10(21)20(2)15(19)23)18-14(22)13-12(17)11-7(16)4-3-5-8(11)24-13/h3-6H,1-2H3,(H,18,22). The van der Waals surface area contributed by atoms with Gasteiger partial charge in [0.15, 0.2) is 0 Å². The minimum absolute atomic E-state index is 0.0905. The summed E-state index contributed by atoms with van der Waals surface area (Å²) >= 11 is 13.6. The summed E-state index contributed by atoms with van der Waals surface area (Å²) in [6, 6.07) is 6.44. The maximum Gasteiger partial charge on any atom is 0.332 e. The molecule has 0 unspecified atom stereocenters. The Morgan fingerprint density at radius 2 is 1.88 bits per heavy atom. The predicted molar refractivity (Wildman–Crippen MR) is 96.7 cm³/mol. The largest absolute Gasteiger partial charge is 0.332 e. The van der Waals surface area contributed by atoms with Gasteiger partial charge in [-0.25, -0.2) is 4.79 Å². The van der Waals surface area contributed by atoms with Gasteiger partial charge in [0.25, 0.3) is 11.5 Å². The number of thiophene rings is 1. The molecule has 124 valence electrons. The monoisotopic (exact) mass is 383 g/mol. The van der Waals surface area contributed by atoms with Gasteiger partial charge in [-0.1, -0.05) is 29.3 Å². The van der Waals surface area contributed by atoms with E-state index in [0.29, 0.717) is 10.4 Å². The molecule has 6 nitrogen and oxygen atoms in total. The summed E-state index contributed by atoms with van der Waals surface area (Å²) < 4.78 is 2.89. The Kier molecular flexibility index (Phi) is 4.25. The number of aromatic nitrogens is 2. The minimum Gasteiger partial charge on any atom is -0.307 e. The van der Waals surface area contributed by atoms with Crippen LogP contribution in [0.15, 0.2) is 33.9 Å². The number of halogens is 2. The van der Waals surface area contributed by atoms with Crippen LogP contribution in [0.5, 0.6) is 0 Å². The van der Waals surface area contributed by atoms with E-state index < -0.39 is 17.2 Å². The van der Waals surface area contributed by atoms with Crippen molar-refractivity contribution >= 4 is 56.3 Å². The SMILES string of the molecule is Cn1c(NC(=O)c2sc3cccc(Cl)c3c2Cl)cc(=O)n(C)c1=O. The average molecular weight is 384 g/mol. The van der Waals surface area contributed by atoms with Crippen molar-refractivity contribution in [2.45, 2.75) is 0 Å². The molecule has 3 aromatic rings. The van der Waals surface area contributed by atoms with E-state index in [-0.39, 0.29) is 15.7 Å². The maximum atomic E-state index is 12.5. The molecule has 2 aromatic heterocycles. The molecular formula is C15H11Cl2N3O3S. The van der Waals surface area contributed by atoms with Gasteiger partial charge in [0.1, 0.15) is 10.7 Å². The van der Waals surface area contributed by atoms with E-state index >= 15 is 0 Å². The van der Waals surface area contributed by atoms with Crippen LogP contribution < -0.4 is 16.6 Å². The zero-order valence-electron chi connectivity index (χ0n) is 12.6. The van der Waals surface area contributed by atoms with Crippen LogP contribution in [0.1, 0.15) is 9.67 Å². The molecule has 0 aliphatic heterocycles. The third kappa shape index (κ3) is 2.64. The molecule has 0 aliphatic carbocycles. The van der Waals surface area contributed by atoms with Crippen molar-refractivity contribution < 1.29 is 4.79 Å². The number of nitrogens with zero attached hydrogens (tertiary/aromatic N) is 2. The normalized spacial score (nSPS) is 11.0. The molecule has 2 heterocycles. The first-order valence-electron chi connectivity index (χ1n) is 6.76. The number of benzene rings is 1. The summed E-state index contributed by atoms with van der Waals surface area (Å²) in [5, 5.41) is 3.85. The van der Waals surface area contributed by atoms with Crippen molar-refractivity contribution in [3.8, 4) is 0 Å². The number of hydrogen-bond acceptors (Lipinski definition) is 4. The van der Waals surface area contributed by atoms with E-state index in [4.69, 9.17) is 23.2 Å². The van der Waals surface area contributed by atoms with Crippen LogP contribution in [0, 0.1) is 0 Å². The highest BCUT2D eigenvalue weighted by Crippen LogP contribution is 2.39. The van der Waals surface area contributed by atoms with Gasteiger partial charge in [0.2, 0.25) is 0 Å². The molecule has 1 N–H and O–H groups in total. The molecule has 24 heavy (non-hydrogen) atoms. The van der Waals surface area contributed by atoms with E-state index in [2.05, 4.69) is 5.32 Å². The molecular weight excluding hydrogens is 373 g/mol. The van der Waals surface area contributed by atoms with Crippen molar-refractivity contribution in [3.63, 3.8) is 0 Å². The molecule has 0 bridgehead atoms. The van der Waals surface area contributed by atoms with Crippen molar-refractivity contribution in [2.75, 3.05) is 5.32 Å². The third-order valence-electron chi connectivity index (χ3n) is 3.58. The summed E-state index contributed by atoms with van der Waals surface area (Å²) in [5.41, 5.74) is -1.05. The van der Waals surface area contributed by atoms with Crippen molar-refractivity contribution in [1.29, 1.82) is 0 Å². The van der Waals surface area contributed by atoms with Gasteiger partial charge in [-0.3, -0.25) is 18.7 Å². The smallest absolute Gasteiger partial charge is 0.307 e. The first-order chi connectivity index (χ1) is 11.3. The Morgan fingerprint density at radius 3 is 2.54 bits per heavy atom. The number of rotatable bonds is 2. The number of fused-ring (bicyclic) bond motifs is 1. The van der Waals surface area contributed by atoms with Gasteiger partial charge >= 0.3 is 5.69 Å². The Hall–Kier alpha value is -2.09. The summed E-state index contributed by atoms with van der Waals surface area (Å²) in [5.74, 6) is -0.423. The molecule has 0 aliphatic rings. The van der Waals surface area contributed by atoms with Crippen LogP contribution in [0.3, 0.4) is 0 Å². The fraction of sp³-hybridized carbons (Fsp3) is 0.133. The van der Waals surface area contributed by atoms with Crippen LogP contribution in [0.4, 0.5) is 5.82 Å². The van der Waals surface area contributed by atoms with Gasteiger partial charge in [-0.15, -0.1) is 11.3 Å². The van der Waals surface area contributed by atoms with E-state index in [9.17, 15) is 14.4 Å². The second kappa shape index (κ2) is 6.08. The van der Waals surface area contributed by atoms with Gasteiger partial charge in [0.05, 0.1) is 10.0 Å². The number of nitrogens with one attached hydrogen (secondary N) is 1. The topological polar surface area (TPSA) is 73.1 Å². The number of amides is 1. The van der Waals surface area contributed by atoms with Gasteiger partial charge < -0.3 is 5.32 Å². The summed E-state index contributed by atoms with van der Waals surface area (Å²) in [6.45, 7) is 0. The molecule has 0 radical (unpaired) electrons. The summed E-state index contributed by atoms with van der Waals surface area (Å²) in [7, 11) is 2.82. The number of carbonyl (C=O) groups excluding carboxylic acids is 1. The zero-order valence-corrected chi connectivity index (χ0v) is 14.9. The Balaban J connectivity index is 2.06.